The Morgan fingerprint density at radius 2 is 1.89 bits per heavy atom. The Kier molecular flexibility index (Phi) is 5.04. The molecular formula is C11H16NO5P. The van der Waals surface area contributed by atoms with Gasteiger partial charge in [0.15, 0.2) is 0 Å². The highest BCUT2D eigenvalue weighted by molar-refractivity contribution is 7.52. The predicted octanol–water partition coefficient (Wildman–Crippen LogP) is 1.53. The summed E-state index contributed by atoms with van der Waals surface area (Å²) in [7, 11) is -4.33. The number of carbonyl (C=O) groups is 1. The maximum atomic E-state index is 11.4. The van der Waals surface area contributed by atoms with Gasteiger partial charge in [0, 0.05) is 13.5 Å². The van der Waals surface area contributed by atoms with Crippen molar-refractivity contribution in [2.24, 2.45) is 0 Å². The van der Waals surface area contributed by atoms with E-state index in [1.807, 2.05) is 0 Å². The highest BCUT2D eigenvalue weighted by atomic mass is 31.2. The van der Waals surface area contributed by atoms with E-state index in [4.69, 9.17) is 0 Å². The van der Waals surface area contributed by atoms with E-state index >= 15 is 0 Å². The van der Waals surface area contributed by atoms with E-state index in [1.165, 1.54) is 6.92 Å². The molecule has 0 aliphatic heterocycles. The van der Waals surface area contributed by atoms with Crippen molar-refractivity contribution in [1.82, 2.24) is 5.06 Å². The van der Waals surface area contributed by atoms with Crippen molar-refractivity contribution in [1.29, 1.82) is 0 Å². The second kappa shape index (κ2) is 6.11. The molecule has 0 aliphatic carbocycles. The number of rotatable bonds is 5. The van der Waals surface area contributed by atoms with Crippen LogP contribution in [0.2, 0.25) is 0 Å². The molecule has 0 saturated carbocycles. The van der Waals surface area contributed by atoms with Crippen molar-refractivity contribution in [3.63, 3.8) is 0 Å². The molecule has 1 aromatic rings. The van der Waals surface area contributed by atoms with Gasteiger partial charge < -0.3 is 9.79 Å². The van der Waals surface area contributed by atoms with Crippen molar-refractivity contribution < 1.29 is 24.4 Å². The van der Waals surface area contributed by atoms with E-state index in [-0.39, 0.29) is 13.0 Å². The Balaban J connectivity index is 2.82. The van der Waals surface area contributed by atoms with Crippen molar-refractivity contribution in [3.8, 4) is 0 Å². The summed E-state index contributed by atoms with van der Waals surface area (Å²) >= 11 is 0. The molecule has 6 nitrogen and oxygen atoms in total. The summed E-state index contributed by atoms with van der Waals surface area (Å²) in [6.45, 7) is 1.05. The van der Waals surface area contributed by atoms with Crippen LogP contribution in [0.4, 0.5) is 0 Å². The van der Waals surface area contributed by atoms with Crippen LogP contribution in [0.3, 0.4) is 0 Å². The summed E-state index contributed by atoms with van der Waals surface area (Å²) < 4.78 is 11.4. The van der Waals surface area contributed by atoms with Crippen LogP contribution in [0.5, 0.6) is 0 Å². The fourth-order valence-electron chi connectivity index (χ4n) is 1.61. The van der Waals surface area contributed by atoms with E-state index in [1.54, 1.807) is 30.3 Å². The van der Waals surface area contributed by atoms with Crippen LogP contribution in [0.25, 0.3) is 0 Å². The molecule has 18 heavy (non-hydrogen) atoms. The zero-order valence-electron chi connectivity index (χ0n) is 9.93. The summed E-state index contributed by atoms with van der Waals surface area (Å²) in [5.41, 5.74) is -0.532. The Labute approximate surface area is 105 Å². The van der Waals surface area contributed by atoms with Gasteiger partial charge in [-0.3, -0.25) is 14.6 Å². The second-order valence-electron chi connectivity index (χ2n) is 3.95. The molecule has 1 amide bonds. The molecule has 100 valence electrons. The van der Waals surface area contributed by atoms with Gasteiger partial charge in [-0.1, -0.05) is 30.3 Å². The molecular weight excluding hydrogens is 257 g/mol. The van der Waals surface area contributed by atoms with Gasteiger partial charge in [0.05, 0.1) is 5.66 Å². The maximum absolute atomic E-state index is 11.4. The average molecular weight is 273 g/mol. The van der Waals surface area contributed by atoms with E-state index in [0.29, 0.717) is 10.6 Å². The van der Waals surface area contributed by atoms with Crippen molar-refractivity contribution >= 4 is 13.5 Å². The fraction of sp³-hybridized carbons (Fsp3) is 0.364. The number of nitrogens with zero attached hydrogens (tertiary/aromatic N) is 1. The molecule has 0 fully saturated rings. The lowest BCUT2D eigenvalue weighted by molar-refractivity contribution is -0.162. The third-order valence-corrected chi connectivity index (χ3v) is 3.94. The zero-order valence-corrected chi connectivity index (χ0v) is 10.8. The largest absolute Gasteiger partial charge is 0.333 e. The van der Waals surface area contributed by atoms with E-state index in [0.717, 1.165) is 0 Å². The monoisotopic (exact) mass is 273 g/mol. The SMILES string of the molecule is CC(=O)N(O)CC[C@@H](c1ccccc1)P(=O)(O)O. The van der Waals surface area contributed by atoms with Gasteiger partial charge in [0.1, 0.15) is 0 Å². The lowest BCUT2D eigenvalue weighted by Crippen LogP contribution is -2.26. The van der Waals surface area contributed by atoms with E-state index in [2.05, 4.69) is 0 Å². The standard InChI is InChI=1S/C11H16NO5P/c1-9(13)12(14)8-7-11(18(15,16)17)10-5-3-2-4-6-10/h2-6,11,14H,7-8H2,1H3,(H2,15,16,17)/t11-/m0/s1. The number of benzene rings is 1. The quantitative estimate of drug-likeness (QED) is 0.429. The predicted molar refractivity (Wildman–Crippen MR) is 65.0 cm³/mol. The zero-order chi connectivity index (χ0) is 13.8. The molecule has 0 aliphatic rings. The van der Waals surface area contributed by atoms with Gasteiger partial charge in [-0.2, -0.15) is 0 Å². The summed E-state index contributed by atoms with van der Waals surface area (Å²) in [6.07, 6.45) is -0.00955. The third-order valence-electron chi connectivity index (χ3n) is 2.57. The highest BCUT2D eigenvalue weighted by Gasteiger charge is 2.30. The minimum Gasteiger partial charge on any atom is -0.324 e. The van der Waals surface area contributed by atoms with Gasteiger partial charge in [-0.15, -0.1) is 0 Å². The van der Waals surface area contributed by atoms with E-state index < -0.39 is 19.2 Å². The summed E-state index contributed by atoms with van der Waals surface area (Å²) in [5, 5.41) is 9.67. The Morgan fingerprint density at radius 3 is 2.33 bits per heavy atom. The lowest BCUT2D eigenvalue weighted by atomic mass is 10.1. The van der Waals surface area contributed by atoms with Crippen molar-refractivity contribution in [3.05, 3.63) is 35.9 Å². The van der Waals surface area contributed by atoms with Crippen molar-refractivity contribution in [2.75, 3.05) is 6.54 Å². The Morgan fingerprint density at radius 1 is 1.33 bits per heavy atom. The molecule has 0 radical (unpaired) electrons. The van der Waals surface area contributed by atoms with Crippen LogP contribution in [0, 0.1) is 0 Å². The molecule has 0 bridgehead atoms. The molecule has 3 N–H and O–H groups in total. The van der Waals surface area contributed by atoms with Crippen LogP contribution >= 0.6 is 7.60 Å². The van der Waals surface area contributed by atoms with Crippen LogP contribution in [0.15, 0.2) is 30.3 Å². The topological polar surface area (TPSA) is 98.1 Å². The Hall–Kier alpha value is -1.20. The number of hydrogen-bond acceptors (Lipinski definition) is 3. The van der Waals surface area contributed by atoms with E-state index in [9.17, 15) is 24.4 Å². The summed E-state index contributed by atoms with van der Waals surface area (Å²) in [6, 6.07) is 8.33. The molecule has 0 unspecified atom stereocenters. The second-order valence-corrected chi connectivity index (χ2v) is 5.75. The van der Waals surface area contributed by atoms with Gasteiger partial charge in [0.25, 0.3) is 0 Å². The minimum absolute atomic E-state index is 0.00955. The number of hydroxylamine groups is 2. The van der Waals surface area contributed by atoms with Crippen LogP contribution < -0.4 is 0 Å². The van der Waals surface area contributed by atoms with Crippen LogP contribution in [-0.4, -0.2) is 32.5 Å². The van der Waals surface area contributed by atoms with Crippen LogP contribution in [0.1, 0.15) is 24.6 Å². The number of carbonyl (C=O) groups excluding carboxylic acids is 1. The average Bonchev–Trinajstić information content (AvgIpc) is 2.28. The van der Waals surface area contributed by atoms with Gasteiger partial charge >= 0.3 is 7.60 Å². The highest BCUT2D eigenvalue weighted by Crippen LogP contribution is 2.53. The normalized spacial score (nSPS) is 13.1. The first-order chi connectivity index (χ1) is 8.32. The molecule has 7 heteroatoms. The van der Waals surface area contributed by atoms with Crippen LogP contribution in [-0.2, 0) is 9.36 Å². The molecule has 0 saturated heterocycles. The van der Waals surface area contributed by atoms with Gasteiger partial charge in [-0.25, -0.2) is 5.06 Å². The first kappa shape index (κ1) is 14.9. The maximum Gasteiger partial charge on any atom is 0.333 e. The molecule has 0 aromatic heterocycles. The van der Waals surface area contributed by atoms with Crippen molar-refractivity contribution in [2.45, 2.75) is 19.0 Å². The molecule has 0 spiro atoms. The lowest BCUT2D eigenvalue weighted by Gasteiger charge is -2.21. The fourth-order valence-corrected chi connectivity index (χ4v) is 2.62. The third kappa shape index (κ3) is 4.23. The first-order valence-electron chi connectivity index (χ1n) is 5.39. The molecule has 1 rings (SSSR count). The smallest absolute Gasteiger partial charge is 0.324 e. The first-order valence-corrected chi connectivity index (χ1v) is 7.07. The molecule has 1 atom stereocenters. The summed E-state index contributed by atoms with van der Waals surface area (Å²) in [5.74, 6) is -0.562. The number of hydrogen-bond donors (Lipinski definition) is 3. The number of amides is 1. The van der Waals surface area contributed by atoms with Gasteiger partial charge in [0.2, 0.25) is 5.91 Å². The Bertz CT molecular complexity index is 444. The summed E-state index contributed by atoms with van der Waals surface area (Å²) in [4.78, 5) is 29.4. The molecule has 1 aromatic carbocycles. The minimum atomic E-state index is -4.33. The molecule has 0 heterocycles. The van der Waals surface area contributed by atoms with Gasteiger partial charge in [-0.05, 0) is 12.0 Å².